The molecule has 2 N–H and O–H groups in total. The van der Waals surface area contributed by atoms with Crippen molar-refractivity contribution in [3.05, 3.63) is 62.9 Å². The lowest BCUT2D eigenvalue weighted by Gasteiger charge is -2.17. The SMILES string of the molecule is Cc1ccc(C)c(S(=O)(=O)Nc2ncnc(OCCO)c2Oc2c(Cl)cc(Cl)cc2Cl)c1. The van der Waals surface area contributed by atoms with Crippen molar-refractivity contribution in [3.63, 3.8) is 0 Å². The normalized spacial score (nSPS) is 11.3. The number of hydrogen-bond acceptors (Lipinski definition) is 7. The van der Waals surface area contributed by atoms with Crippen LogP contribution in [0.15, 0.2) is 41.6 Å². The number of benzene rings is 2. The Hall–Kier alpha value is -2.30. The Morgan fingerprint density at radius 1 is 1.03 bits per heavy atom. The van der Waals surface area contributed by atoms with Gasteiger partial charge in [-0.25, -0.2) is 13.4 Å². The molecule has 0 aliphatic heterocycles. The van der Waals surface area contributed by atoms with Crippen LogP contribution >= 0.6 is 34.8 Å². The van der Waals surface area contributed by atoms with Gasteiger partial charge in [0.1, 0.15) is 12.9 Å². The number of nitrogens with one attached hydrogen (secondary N) is 1. The molecule has 3 aromatic rings. The third kappa shape index (κ3) is 5.54. The van der Waals surface area contributed by atoms with Crippen LogP contribution < -0.4 is 14.2 Å². The summed E-state index contributed by atoms with van der Waals surface area (Å²) in [5, 5.41) is 9.54. The first kappa shape index (κ1) is 24.3. The zero-order chi connectivity index (χ0) is 23.5. The Morgan fingerprint density at radius 3 is 2.38 bits per heavy atom. The van der Waals surface area contributed by atoms with Crippen molar-refractivity contribution in [2.75, 3.05) is 17.9 Å². The lowest BCUT2D eigenvalue weighted by molar-refractivity contribution is 0.192. The second kappa shape index (κ2) is 10.1. The minimum Gasteiger partial charge on any atom is -0.472 e. The highest BCUT2D eigenvalue weighted by Gasteiger charge is 2.25. The molecule has 12 heteroatoms. The van der Waals surface area contributed by atoms with E-state index in [1.807, 2.05) is 0 Å². The number of sulfonamides is 1. The lowest BCUT2D eigenvalue weighted by Crippen LogP contribution is -2.17. The molecular weight excluding hydrogens is 501 g/mol. The van der Waals surface area contributed by atoms with Crippen molar-refractivity contribution < 1.29 is 23.0 Å². The van der Waals surface area contributed by atoms with E-state index >= 15 is 0 Å². The van der Waals surface area contributed by atoms with Gasteiger partial charge in [0.25, 0.3) is 15.9 Å². The van der Waals surface area contributed by atoms with E-state index in [2.05, 4.69) is 14.7 Å². The number of aryl methyl sites for hydroxylation is 2. The molecule has 0 saturated carbocycles. The summed E-state index contributed by atoms with van der Waals surface area (Å²) in [5.74, 6) is -0.541. The highest BCUT2D eigenvalue weighted by atomic mass is 35.5. The summed E-state index contributed by atoms with van der Waals surface area (Å²) < 4.78 is 39.8. The predicted molar refractivity (Wildman–Crippen MR) is 123 cm³/mol. The van der Waals surface area contributed by atoms with E-state index in [4.69, 9.17) is 49.4 Å². The van der Waals surface area contributed by atoms with Gasteiger partial charge in [-0.15, -0.1) is 0 Å². The molecule has 8 nitrogen and oxygen atoms in total. The van der Waals surface area contributed by atoms with E-state index in [0.717, 1.165) is 11.9 Å². The molecule has 170 valence electrons. The van der Waals surface area contributed by atoms with E-state index in [-0.39, 0.29) is 56.4 Å². The number of hydrogen-bond donors (Lipinski definition) is 2. The number of nitrogens with zero attached hydrogens (tertiary/aromatic N) is 2. The first-order chi connectivity index (χ1) is 15.1. The Morgan fingerprint density at radius 2 is 1.72 bits per heavy atom. The Balaban J connectivity index is 2.09. The summed E-state index contributed by atoms with van der Waals surface area (Å²) in [7, 11) is -4.06. The van der Waals surface area contributed by atoms with Gasteiger partial charge in [0, 0.05) is 5.02 Å². The van der Waals surface area contributed by atoms with Crippen LogP contribution in [0.1, 0.15) is 11.1 Å². The minimum absolute atomic E-state index is 0.00596. The van der Waals surface area contributed by atoms with Crippen LogP contribution in [0.2, 0.25) is 15.1 Å². The average molecular weight is 519 g/mol. The van der Waals surface area contributed by atoms with Crippen LogP contribution in [0, 0.1) is 13.8 Å². The number of anilines is 1. The van der Waals surface area contributed by atoms with Gasteiger partial charge < -0.3 is 14.6 Å². The molecule has 1 aromatic heterocycles. The molecule has 0 fully saturated rings. The smallest absolute Gasteiger partial charge is 0.263 e. The Bertz CT molecular complexity index is 1230. The first-order valence-electron chi connectivity index (χ1n) is 9.13. The van der Waals surface area contributed by atoms with Gasteiger partial charge in [-0.3, -0.25) is 4.72 Å². The molecule has 0 radical (unpaired) electrons. The van der Waals surface area contributed by atoms with E-state index in [1.165, 1.54) is 18.2 Å². The molecule has 0 aliphatic carbocycles. The Labute approximate surface area is 200 Å². The molecule has 0 atom stereocenters. The second-order valence-electron chi connectivity index (χ2n) is 6.60. The second-order valence-corrected chi connectivity index (χ2v) is 9.51. The maximum absolute atomic E-state index is 13.1. The number of aliphatic hydroxyl groups excluding tert-OH is 1. The van der Waals surface area contributed by atoms with Crippen LogP contribution in [-0.2, 0) is 10.0 Å². The van der Waals surface area contributed by atoms with E-state index in [0.29, 0.717) is 5.56 Å². The van der Waals surface area contributed by atoms with Crippen molar-refractivity contribution in [2.45, 2.75) is 18.7 Å². The zero-order valence-corrected chi connectivity index (χ0v) is 20.0. The summed E-state index contributed by atoms with van der Waals surface area (Å²) >= 11 is 18.4. The highest BCUT2D eigenvalue weighted by Crippen LogP contribution is 2.43. The third-order valence-corrected chi connectivity index (χ3v) is 6.39. The monoisotopic (exact) mass is 517 g/mol. The third-order valence-electron chi connectivity index (χ3n) is 4.13. The van der Waals surface area contributed by atoms with E-state index < -0.39 is 10.0 Å². The number of aliphatic hydroxyl groups is 1. The topological polar surface area (TPSA) is 111 Å². The zero-order valence-electron chi connectivity index (χ0n) is 16.9. The number of halogens is 3. The standard InChI is InChI=1S/C20H18Cl3N3O5S/c1-11-3-4-12(2)16(7-11)32(28,29)26-19-18(20(25-10-24-19)30-6-5-27)31-17-14(22)8-13(21)9-15(17)23/h3-4,7-10,27H,5-6H2,1-2H3,(H,24,25,26). The highest BCUT2D eigenvalue weighted by molar-refractivity contribution is 7.92. The summed E-state index contributed by atoms with van der Waals surface area (Å²) in [5.41, 5.74) is 1.31. The van der Waals surface area contributed by atoms with Gasteiger partial charge in [-0.1, -0.05) is 46.9 Å². The molecule has 0 unspecified atom stereocenters. The fourth-order valence-corrected chi connectivity index (χ4v) is 4.91. The fourth-order valence-electron chi connectivity index (χ4n) is 2.68. The van der Waals surface area contributed by atoms with Crippen molar-refractivity contribution in [1.82, 2.24) is 9.97 Å². The van der Waals surface area contributed by atoms with E-state index in [1.54, 1.807) is 26.0 Å². The van der Waals surface area contributed by atoms with Gasteiger partial charge in [0.05, 0.1) is 21.5 Å². The number of aromatic nitrogens is 2. The summed E-state index contributed by atoms with van der Waals surface area (Å²) in [6.45, 7) is 3.02. The van der Waals surface area contributed by atoms with Crippen molar-refractivity contribution in [1.29, 1.82) is 0 Å². The molecule has 1 heterocycles. The van der Waals surface area contributed by atoms with Gasteiger partial charge in [-0.05, 0) is 43.2 Å². The van der Waals surface area contributed by atoms with E-state index in [9.17, 15) is 8.42 Å². The van der Waals surface area contributed by atoms with Gasteiger partial charge in [-0.2, -0.15) is 4.98 Å². The number of ether oxygens (including phenoxy) is 2. The van der Waals surface area contributed by atoms with Crippen LogP contribution in [-0.4, -0.2) is 36.7 Å². The summed E-state index contributed by atoms with van der Waals surface area (Å²) in [6, 6.07) is 7.85. The molecular formula is C20H18Cl3N3O5S. The van der Waals surface area contributed by atoms with Crippen molar-refractivity contribution in [3.8, 4) is 17.4 Å². The molecule has 0 saturated heterocycles. The quantitative estimate of drug-likeness (QED) is 0.431. The fraction of sp³-hybridized carbons (Fsp3) is 0.200. The van der Waals surface area contributed by atoms with Gasteiger partial charge in [0.15, 0.2) is 11.6 Å². The Kier molecular flexibility index (Phi) is 7.68. The average Bonchev–Trinajstić information content (AvgIpc) is 2.71. The lowest BCUT2D eigenvalue weighted by atomic mass is 10.2. The molecule has 0 aliphatic rings. The molecule has 32 heavy (non-hydrogen) atoms. The van der Waals surface area contributed by atoms with Gasteiger partial charge >= 0.3 is 0 Å². The maximum Gasteiger partial charge on any atom is 0.263 e. The molecule has 2 aromatic carbocycles. The molecule has 0 amide bonds. The van der Waals surface area contributed by atoms with Crippen LogP contribution in [0.25, 0.3) is 0 Å². The minimum atomic E-state index is -4.06. The largest absolute Gasteiger partial charge is 0.472 e. The maximum atomic E-state index is 13.1. The molecule has 3 rings (SSSR count). The van der Waals surface area contributed by atoms with Crippen molar-refractivity contribution in [2.24, 2.45) is 0 Å². The first-order valence-corrected chi connectivity index (χ1v) is 11.7. The molecule has 0 bridgehead atoms. The summed E-state index contributed by atoms with van der Waals surface area (Å²) in [6.07, 6.45) is 1.09. The van der Waals surface area contributed by atoms with Crippen LogP contribution in [0.5, 0.6) is 17.4 Å². The predicted octanol–water partition coefficient (Wildman–Crippen LogP) is 5.02. The van der Waals surface area contributed by atoms with Crippen LogP contribution in [0.3, 0.4) is 0 Å². The van der Waals surface area contributed by atoms with Crippen molar-refractivity contribution >= 4 is 50.6 Å². The summed E-state index contributed by atoms with van der Waals surface area (Å²) in [4.78, 5) is 8.04. The van der Waals surface area contributed by atoms with Crippen LogP contribution in [0.4, 0.5) is 5.82 Å². The number of rotatable bonds is 8. The molecule has 0 spiro atoms. The van der Waals surface area contributed by atoms with Gasteiger partial charge in [0.2, 0.25) is 5.75 Å².